The largest absolute Gasteiger partial charge is 0.448 e. The van der Waals surface area contributed by atoms with Crippen molar-refractivity contribution in [3.63, 3.8) is 0 Å². The fourth-order valence-corrected chi connectivity index (χ4v) is 5.21. The summed E-state index contributed by atoms with van der Waals surface area (Å²) in [5.74, 6) is -3.13. The predicted molar refractivity (Wildman–Crippen MR) is 147 cm³/mol. The summed E-state index contributed by atoms with van der Waals surface area (Å²) < 4.78 is 5.62. The number of carbonyl (C=O) groups excluding carboxylic acids is 5. The van der Waals surface area contributed by atoms with Crippen molar-refractivity contribution in [1.29, 1.82) is 0 Å². The molecule has 0 bridgehead atoms. The molecule has 0 radical (unpaired) electrons. The molecule has 0 atom stereocenters. The van der Waals surface area contributed by atoms with Crippen LogP contribution in [0.1, 0.15) is 88.2 Å². The van der Waals surface area contributed by atoms with E-state index >= 15 is 0 Å². The summed E-state index contributed by atoms with van der Waals surface area (Å²) >= 11 is 0. The van der Waals surface area contributed by atoms with Crippen LogP contribution in [-0.2, 0) is 28.8 Å². The highest BCUT2D eigenvalue weighted by Gasteiger charge is 2.35. The van der Waals surface area contributed by atoms with E-state index in [1.807, 2.05) is 48.5 Å². The first-order chi connectivity index (χ1) is 19.4. The van der Waals surface area contributed by atoms with Gasteiger partial charge >= 0.3 is 12.1 Å². The lowest BCUT2D eigenvalue weighted by atomic mass is 9.98. The Labute approximate surface area is 234 Å². The molecular formula is C31H36N2O7. The molecule has 9 heteroatoms. The van der Waals surface area contributed by atoms with Gasteiger partial charge in [0.1, 0.15) is 13.2 Å². The summed E-state index contributed by atoms with van der Waals surface area (Å²) in [6.07, 6.45) is 5.93. The van der Waals surface area contributed by atoms with Crippen molar-refractivity contribution in [2.45, 2.75) is 77.0 Å². The van der Waals surface area contributed by atoms with Crippen LogP contribution in [0.5, 0.6) is 0 Å². The lowest BCUT2D eigenvalue weighted by Gasteiger charge is -2.22. The number of amides is 4. The van der Waals surface area contributed by atoms with Crippen molar-refractivity contribution in [2.75, 3.05) is 13.2 Å². The standard InChI is InChI=1S/C31H36N2O7/c1-2-3-4-5-6-7-8-17-27(34)32(20-30(37)40-33-28(35)18-19-29(33)36)31(38)39-21-26-24-15-11-9-13-22(24)23-14-10-12-16-25(23)26/h9-16,26H,2-8,17-21H2,1H3. The molecular weight excluding hydrogens is 512 g/mol. The maximum Gasteiger partial charge on any atom is 0.417 e. The number of imide groups is 2. The molecule has 2 aromatic carbocycles. The molecule has 0 unspecified atom stereocenters. The Hall–Kier alpha value is -4.01. The van der Waals surface area contributed by atoms with Crippen molar-refractivity contribution in [2.24, 2.45) is 0 Å². The summed E-state index contributed by atoms with van der Waals surface area (Å²) in [5, 5.41) is 0.402. The molecule has 1 heterocycles. The van der Waals surface area contributed by atoms with Crippen LogP contribution in [0, 0.1) is 0 Å². The second-order valence-corrected chi connectivity index (χ2v) is 10.2. The van der Waals surface area contributed by atoms with Gasteiger partial charge in [-0.1, -0.05) is 94.0 Å². The quantitative estimate of drug-likeness (QED) is 0.240. The number of fused-ring (bicyclic) bond motifs is 3. The number of rotatable bonds is 13. The third kappa shape index (κ3) is 6.94. The third-order valence-corrected chi connectivity index (χ3v) is 7.34. The number of carbonyl (C=O) groups is 5. The van der Waals surface area contributed by atoms with Crippen LogP contribution in [0.4, 0.5) is 4.79 Å². The first-order valence-electron chi connectivity index (χ1n) is 14.1. The van der Waals surface area contributed by atoms with Gasteiger partial charge in [-0.15, -0.1) is 5.06 Å². The zero-order chi connectivity index (χ0) is 28.5. The Balaban J connectivity index is 1.40. The summed E-state index contributed by atoms with van der Waals surface area (Å²) in [4.78, 5) is 68.2. The Morgan fingerprint density at radius 3 is 1.98 bits per heavy atom. The van der Waals surface area contributed by atoms with E-state index < -0.39 is 36.3 Å². The van der Waals surface area contributed by atoms with E-state index in [1.165, 1.54) is 6.42 Å². The molecule has 0 N–H and O–H groups in total. The number of hydrogen-bond acceptors (Lipinski definition) is 7. The Morgan fingerprint density at radius 2 is 1.38 bits per heavy atom. The summed E-state index contributed by atoms with van der Waals surface area (Å²) in [5.41, 5.74) is 4.16. The van der Waals surface area contributed by atoms with Crippen molar-refractivity contribution in [3.05, 3.63) is 59.7 Å². The van der Waals surface area contributed by atoms with Gasteiger partial charge in [-0.05, 0) is 28.7 Å². The first kappa shape index (κ1) is 29.0. The van der Waals surface area contributed by atoms with Crippen LogP contribution in [0.3, 0.4) is 0 Å². The molecule has 1 aliphatic carbocycles. The van der Waals surface area contributed by atoms with E-state index in [0.29, 0.717) is 11.5 Å². The van der Waals surface area contributed by atoms with Gasteiger partial charge in [0, 0.05) is 25.2 Å². The van der Waals surface area contributed by atoms with Gasteiger partial charge in [0.2, 0.25) is 5.91 Å². The second-order valence-electron chi connectivity index (χ2n) is 10.2. The SMILES string of the molecule is CCCCCCCCCC(=O)N(CC(=O)ON1C(=O)CCC1=O)C(=O)OCC1c2ccccc2-c2ccccc21. The third-order valence-electron chi connectivity index (χ3n) is 7.34. The maximum absolute atomic E-state index is 13.2. The Bertz CT molecular complexity index is 1200. The molecule has 1 fully saturated rings. The summed E-state index contributed by atoms with van der Waals surface area (Å²) in [7, 11) is 0. The fraction of sp³-hybridized carbons (Fsp3) is 0.452. The fourth-order valence-electron chi connectivity index (χ4n) is 5.21. The lowest BCUT2D eigenvalue weighted by Crippen LogP contribution is -2.44. The first-order valence-corrected chi connectivity index (χ1v) is 14.1. The second kappa shape index (κ2) is 13.9. The zero-order valence-electron chi connectivity index (χ0n) is 22.9. The van der Waals surface area contributed by atoms with Gasteiger partial charge in [-0.25, -0.2) is 14.5 Å². The van der Waals surface area contributed by atoms with E-state index in [2.05, 4.69) is 6.92 Å². The van der Waals surface area contributed by atoms with E-state index in [9.17, 15) is 24.0 Å². The van der Waals surface area contributed by atoms with Crippen LogP contribution in [0.15, 0.2) is 48.5 Å². The molecule has 9 nitrogen and oxygen atoms in total. The van der Waals surface area contributed by atoms with Crippen LogP contribution < -0.4 is 0 Å². The highest BCUT2D eigenvalue weighted by atomic mass is 16.7. The van der Waals surface area contributed by atoms with Crippen LogP contribution in [0.25, 0.3) is 11.1 Å². The van der Waals surface area contributed by atoms with Crippen molar-refractivity contribution in [3.8, 4) is 11.1 Å². The molecule has 4 amide bonds. The highest BCUT2D eigenvalue weighted by molar-refractivity contribution is 6.02. The zero-order valence-corrected chi connectivity index (χ0v) is 22.9. The average molecular weight is 549 g/mol. The monoisotopic (exact) mass is 548 g/mol. The molecule has 0 saturated carbocycles. The Morgan fingerprint density at radius 1 is 0.825 bits per heavy atom. The maximum atomic E-state index is 13.2. The van der Waals surface area contributed by atoms with Crippen LogP contribution >= 0.6 is 0 Å². The molecule has 1 saturated heterocycles. The molecule has 2 aliphatic rings. The van der Waals surface area contributed by atoms with Gasteiger partial charge in [-0.3, -0.25) is 14.4 Å². The topological polar surface area (TPSA) is 110 Å². The summed E-state index contributed by atoms with van der Waals surface area (Å²) in [6.45, 7) is 1.37. The number of nitrogens with zero attached hydrogens (tertiary/aromatic N) is 2. The minimum absolute atomic E-state index is 0.0216. The van der Waals surface area contributed by atoms with Gasteiger partial charge in [0.05, 0.1) is 0 Å². The molecule has 0 aromatic heterocycles. The molecule has 4 rings (SSSR count). The average Bonchev–Trinajstić information content (AvgIpc) is 3.45. The van der Waals surface area contributed by atoms with Crippen LogP contribution in [0.2, 0.25) is 0 Å². The van der Waals surface area contributed by atoms with E-state index in [0.717, 1.165) is 59.3 Å². The lowest BCUT2D eigenvalue weighted by molar-refractivity contribution is -0.198. The number of unbranched alkanes of at least 4 members (excludes halogenated alkanes) is 6. The van der Waals surface area contributed by atoms with Gasteiger partial charge in [0.15, 0.2) is 0 Å². The minimum atomic E-state index is -1.06. The Kier molecular flexibility index (Phi) is 10.0. The molecule has 1 aliphatic heterocycles. The van der Waals surface area contributed by atoms with Gasteiger partial charge in [0.25, 0.3) is 11.8 Å². The molecule has 40 heavy (non-hydrogen) atoms. The minimum Gasteiger partial charge on any atom is -0.448 e. The van der Waals surface area contributed by atoms with Gasteiger partial charge < -0.3 is 9.57 Å². The van der Waals surface area contributed by atoms with Crippen molar-refractivity contribution < 1.29 is 33.5 Å². The highest BCUT2D eigenvalue weighted by Crippen LogP contribution is 2.44. The smallest absolute Gasteiger partial charge is 0.417 e. The van der Waals surface area contributed by atoms with Crippen LogP contribution in [-0.4, -0.2) is 52.9 Å². The van der Waals surface area contributed by atoms with Crippen molar-refractivity contribution >= 4 is 29.8 Å². The molecule has 0 spiro atoms. The number of hydroxylamine groups is 2. The number of benzene rings is 2. The van der Waals surface area contributed by atoms with E-state index in [4.69, 9.17) is 9.57 Å². The molecule has 2 aromatic rings. The van der Waals surface area contributed by atoms with E-state index in [1.54, 1.807) is 0 Å². The molecule has 212 valence electrons. The number of ether oxygens (including phenoxy) is 1. The van der Waals surface area contributed by atoms with Gasteiger partial charge in [-0.2, -0.15) is 0 Å². The summed E-state index contributed by atoms with van der Waals surface area (Å²) in [6, 6.07) is 15.8. The van der Waals surface area contributed by atoms with E-state index in [-0.39, 0.29) is 31.8 Å². The predicted octanol–water partition coefficient (Wildman–Crippen LogP) is 5.51. The normalized spacial score (nSPS) is 14.2. The number of hydrogen-bond donors (Lipinski definition) is 0. The van der Waals surface area contributed by atoms with Crippen molar-refractivity contribution in [1.82, 2.24) is 9.96 Å².